The number of anilines is 1. The summed E-state index contributed by atoms with van der Waals surface area (Å²) in [6.07, 6.45) is 6.02. The highest BCUT2D eigenvalue weighted by Gasteiger charge is 2.18. The highest BCUT2D eigenvalue weighted by Crippen LogP contribution is 2.09. The molecule has 160 valence electrons. The maximum Gasteiger partial charge on any atom is 0.225 e. The van der Waals surface area contributed by atoms with Crippen LogP contribution < -0.4 is 15.5 Å². The van der Waals surface area contributed by atoms with Crippen LogP contribution in [0.15, 0.2) is 23.5 Å². The molecule has 1 saturated heterocycles. The third-order valence-electron chi connectivity index (χ3n) is 4.80. The van der Waals surface area contributed by atoms with Crippen molar-refractivity contribution in [1.29, 1.82) is 0 Å². The maximum absolute atomic E-state index is 4.77. The molecule has 0 spiro atoms. The van der Waals surface area contributed by atoms with Crippen LogP contribution in [0.2, 0.25) is 0 Å². The average Bonchev–Trinajstić information content (AvgIpc) is 2.68. The predicted molar refractivity (Wildman–Crippen MR) is 129 cm³/mol. The van der Waals surface area contributed by atoms with Crippen LogP contribution in [0.5, 0.6) is 0 Å². The molecule has 1 aliphatic heterocycles. The quantitative estimate of drug-likeness (QED) is 0.307. The van der Waals surface area contributed by atoms with E-state index in [1.54, 1.807) is 12.4 Å². The molecule has 7 nitrogen and oxygen atoms in total. The van der Waals surface area contributed by atoms with Crippen molar-refractivity contribution < 1.29 is 0 Å². The van der Waals surface area contributed by atoms with Crippen molar-refractivity contribution in [3.8, 4) is 0 Å². The Morgan fingerprint density at radius 2 is 1.79 bits per heavy atom. The normalized spacial score (nSPS) is 16.6. The maximum atomic E-state index is 4.77. The van der Waals surface area contributed by atoms with Gasteiger partial charge < -0.3 is 15.5 Å². The van der Waals surface area contributed by atoms with Gasteiger partial charge in [-0.25, -0.2) is 9.97 Å². The number of halogens is 1. The van der Waals surface area contributed by atoms with Gasteiger partial charge in [-0.2, -0.15) is 0 Å². The van der Waals surface area contributed by atoms with Crippen LogP contribution in [0.4, 0.5) is 5.95 Å². The molecule has 0 aromatic carbocycles. The van der Waals surface area contributed by atoms with E-state index in [4.69, 9.17) is 4.99 Å². The molecular formula is C20H38IN7. The number of guanidine groups is 1. The fourth-order valence-electron chi connectivity index (χ4n) is 3.14. The second-order valence-corrected chi connectivity index (χ2v) is 7.65. The summed E-state index contributed by atoms with van der Waals surface area (Å²) < 4.78 is 0. The lowest BCUT2D eigenvalue weighted by molar-refractivity contribution is 0.263. The van der Waals surface area contributed by atoms with Gasteiger partial charge in [-0.05, 0) is 38.7 Å². The van der Waals surface area contributed by atoms with E-state index in [0.717, 1.165) is 63.6 Å². The molecule has 0 amide bonds. The molecule has 1 unspecified atom stereocenters. The Kier molecular flexibility index (Phi) is 12.4. The Morgan fingerprint density at radius 1 is 1.11 bits per heavy atom. The highest BCUT2D eigenvalue weighted by atomic mass is 127. The summed E-state index contributed by atoms with van der Waals surface area (Å²) in [5.74, 6) is 2.52. The van der Waals surface area contributed by atoms with Crippen molar-refractivity contribution in [2.75, 3.05) is 50.7 Å². The largest absolute Gasteiger partial charge is 0.357 e. The molecule has 0 bridgehead atoms. The summed E-state index contributed by atoms with van der Waals surface area (Å²) in [6.45, 7) is 15.6. The first-order valence-electron chi connectivity index (χ1n) is 10.4. The van der Waals surface area contributed by atoms with Crippen LogP contribution in [0.1, 0.15) is 40.5 Å². The van der Waals surface area contributed by atoms with Crippen molar-refractivity contribution >= 4 is 35.9 Å². The van der Waals surface area contributed by atoms with E-state index in [-0.39, 0.29) is 24.0 Å². The summed E-state index contributed by atoms with van der Waals surface area (Å²) >= 11 is 0. The van der Waals surface area contributed by atoms with Crippen LogP contribution in [-0.4, -0.2) is 72.7 Å². The minimum Gasteiger partial charge on any atom is -0.357 e. The zero-order valence-electron chi connectivity index (χ0n) is 17.9. The first kappa shape index (κ1) is 24.9. The molecule has 8 heteroatoms. The van der Waals surface area contributed by atoms with Gasteiger partial charge in [0, 0.05) is 57.7 Å². The SMILES string of the molecule is CCNC(=NCCN1CCN(c2ncccn2)CC1)NC(C)CCC(C)C.I. The number of hydrogen-bond donors (Lipinski definition) is 2. The Labute approximate surface area is 187 Å². The summed E-state index contributed by atoms with van der Waals surface area (Å²) in [7, 11) is 0. The van der Waals surface area contributed by atoms with Gasteiger partial charge >= 0.3 is 0 Å². The minimum atomic E-state index is 0. The van der Waals surface area contributed by atoms with Crippen LogP contribution in [-0.2, 0) is 0 Å². The van der Waals surface area contributed by atoms with Crippen molar-refractivity contribution in [3.63, 3.8) is 0 Å². The second kappa shape index (κ2) is 13.9. The van der Waals surface area contributed by atoms with Crippen LogP contribution >= 0.6 is 24.0 Å². The van der Waals surface area contributed by atoms with Crippen molar-refractivity contribution in [1.82, 2.24) is 25.5 Å². The van der Waals surface area contributed by atoms with Gasteiger partial charge in [0.15, 0.2) is 5.96 Å². The number of aliphatic imine (C=N–C) groups is 1. The molecule has 0 saturated carbocycles. The van der Waals surface area contributed by atoms with E-state index < -0.39 is 0 Å². The molecule has 0 radical (unpaired) electrons. The summed E-state index contributed by atoms with van der Waals surface area (Å²) in [5, 5.41) is 6.90. The molecule has 2 heterocycles. The van der Waals surface area contributed by atoms with Gasteiger partial charge in [0.05, 0.1) is 6.54 Å². The number of piperazine rings is 1. The molecule has 2 rings (SSSR count). The number of aromatic nitrogens is 2. The van der Waals surface area contributed by atoms with Gasteiger partial charge in [0.2, 0.25) is 5.95 Å². The predicted octanol–water partition coefficient (Wildman–Crippen LogP) is 2.60. The standard InChI is InChI=1S/C20H37N7.HI/c1-5-21-19(25-18(4)8-7-17(2)3)22-11-12-26-13-15-27(16-14-26)20-23-9-6-10-24-20;/h6,9-10,17-18H,5,7-8,11-16H2,1-4H3,(H2,21,22,25);1H. The molecular weight excluding hydrogens is 465 g/mol. The fraction of sp³-hybridized carbons (Fsp3) is 0.750. The smallest absolute Gasteiger partial charge is 0.225 e. The topological polar surface area (TPSA) is 68.7 Å². The summed E-state index contributed by atoms with van der Waals surface area (Å²) in [5.41, 5.74) is 0. The van der Waals surface area contributed by atoms with Crippen LogP contribution in [0.25, 0.3) is 0 Å². The van der Waals surface area contributed by atoms with Crippen LogP contribution in [0.3, 0.4) is 0 Å². The van der Waals surface area contributed by atoms with E-state index in [2.05, 4.69) is 58.1 Å². The molecule has 1 atom stereocenters. The van der Waals surface area contributed by atoms with Gasteiger partial charge in [-0.1, -0.05) is 13.8 Å². The monoisotopic (exact) mass is 503 g/mol. The van der Waals surface area contributed by atoms with E-state index >= 15 is 0 Å². The molecule has 1 fully saturated rings. The van der Waals surface area contributed by atoms with E-state index in [1.807, 2.05) is 6.07 Å². The lowest BCUT2D eigenvalue weighted by Crippen LogP contribution is -2.48. The van der Waals surface area contributed by atoms with Gasteiger partial charge in [-0.3, -0.25) is 9.89 Å². The Morgan fingerprint density at radius 3 is 2.39 bits per heavy atom. The average molecular weight is 503 g/mol. The molecule has 1 aliphatic rings. The molecule has 1 aromatic rings. The Balaban J connectivity index is 0.00000392. The zero-order valence-corrected chi connectivity index (χ0v) is 20.2. The van der Waals surface area contributed by atoms with Crippen molar-refractivity contribution in [3.05, 3.63) is 18.5 Å². The van der Waals surface area contributed by atoms with Gasteiger partial charge in [0.1, 0.15) is 0 Å². The molecule has 1 aromatic heterocycles. The van der Waals surface area contributed by atoms with E-state index in [9.17, 15) is 0 Å². The molecule has 0 aliphatic carbocycles. The first-order chi connectivity index (χ1) is 13.1. The van der Waals surface area contributed by atoms with Crippen molar-refractivity contribution in [2.45, 2.75) is 46.6 Å². The number of nitrogens with one attached hydrogen (secondary N) is 2. The van der Waals surface area contributed by atoms with Gasteiger partial charge in [0.25, 0.3) is 0 Å². The summed E-state index contributed by atoms with van der Waals surface area (Å²) in [4.78, 5) is 18.2. The third-order valence-corrected chi connectivity index (χ3v) is 4.80. The zero-order chi connectivity index (χ0) is 19.5. The van der Waals surface area contributed by atoms with E-state index in [0.29, 0.717) is 6.04 Å². The van der Waals surface area contributed by atoms with E-state index in [1.165, 1.54) is 12.8 Å². The van der Waals surface area contributed by atoms with Crippen molar-refractivity contribution in [2.24, 2.45) is 10.9 Å². The van der Waals surface area contributed by atoms with Gasteiger partial charge in [-0.15, -0.1) is 24.0 Å². The third kappa shape index (κ3) is 9.36. The lowest BCUT2D eigenvalue weighted by atomic mass is 10.0. The molecule has 2 N–H and O–H groups in total. The highest BCUT2D eigenvalue weighted by molar-refractivity contribution is 14.0. The summed E-state index contributed by atoms with van der Waals surface area (Å²) in [6, 6.07) is 2.30. The van der Waals surface area contributed by atoms with Crippen LogP contribution in [0, 0.1) is 5.92 Å². The second-order valence-electron chi connectivity index (χ2n) is 7.65. The fourth-order valence-corrected chi connectivity index (χ4v) is 3.14. The number of rotatable bonds is 9. The number of nitrogens with zero attached hydrogens (tertiary/aromatic N) is 5. The Bertz CT molecular complexity index is 545. The Hall–Kier alpha value is -1.16. The number of hydrogen-bond acceptors (Lipinski definition) is 5. The lowest BCUT2D eigenvalue weighted by Gasteiger charge is -2.34. The molecule has 28 heavy (non-hydrogen) atoms. The first-order valence-corrected chi connectivity index (χ1v) is 10.4. The minimum absolute atomic E-state index is 0.